The largest absolute Gasteiger partial charge is 0.476 e. The van der Waals surface area contributed by atoms with Gasteiger partial charge < -0.3 is 10.1 Å². The molecule has 0 fully saturated rings. The molecule has 0 bridgehead atoms. The number of nitrogens with one attached hydrogen (secondary N) is 1. The maximum atomic E-state index is 12.6. The summed E-state index contributed by atoms with van der Waals surface area (Å²) >= 11 is 3.37. The Balaban J connectivity index is 1.89. The molecule has 1 atom stereocenters. The first-order chi connectivity index (χ1) is 11.9. The Morgan fingerprint density at radius 3 is 2.64 bits per heavy atom. The van der Waals surface area contributed by atoms with E-state index in [4.69, 9.17) is 4.74 Å². The zero-order valence-corrected chi connectivity index (χ0v) is 15.9. The first-order valence-electron chi connectivity index (χ1n) is 7.74. The predicted octanol–water partition coefficient (Wildman–Crippen LogP) is 3.00. The molecule has 8 heteroatoms. The lowest BCUT2D eigenvalue weighted by atomic mass is 10.2. The van der Waals surface area contributed by atoms with Gasteiger partial charge in [0, 0.05) is 4.47 Å². The summed E-state index contributed by atoms with van der Waals surface area (Å²) in [5, 5.41) is 2.77. The summed E-state index contributed by atoms with van der Waals surface area (Å²) in [7, 11) is -3.52. The number of halogens is 1. The summed E-state index contributed by atoms with van der Waals surface area (Å²) in [5.41, 5.74) is 1.05. The molecule has 0 saturated heterocycles. The minimum atomic E-state index is -3.52. The van der Waals surface area contributed by atoms with Crippen molar-refractivity contribution < 1.29 is 17.9 Å². The Kier molecular flexibility index (Phi) is 5.01. The van der Waals surface area contributed by atoms with Gasteiger partial charge in [-0.2, -0.15) is 0 Å². The Hall–Kier alpha value is -2.06. The van der Waals surface area contributed by atoms with Crippen LogP contribution in [0.5, 0.6) is 5.75 Å². The number of benzene rings is 2. The summed E-state index contributed by atoms with van der Waals surface area (Å²) < 4.78 is 32.6. The number of carbonyl (C=O) groups is 1. The average molecular weight is 425 g/mol. The van der Waals surface area contributed by atoms with Crippen molar-refractivity contribution in [3.8, 4) is 5.75 Å². The van der Waals surface area contributed by atoms with Crippen molar-refractivity contribution in [2.45, 2.75) is 13.0 Å². The topological polar surface area (TPSA) is 75.7 Å². The van der Waals surface area contributed by atoms with Gasteiger partial charge in [-0.15, -0.1) is 0 Å². The van der Waals surface area contributed by atoms with Crippen LogP contribution in [0.15, 0.2) is 53.0 Å². The average Bonchev–Trinajstić information content (AvgIpc) is 2.62. The molecule has 25 heavy (non-hydrogen) atoms. The predicted molar refractivity (Wildman–Crippen MR) is 100 cm³/mol. The molecule has 0 aromatic heterocycles. The molecular formula is C17H17BrN2O4S. The van der Waals surface area contributed by atoms with Crippen LogP contribution in [0.25, 0.3) is 0 Å². The van der Waals surface area contributed by atoms with Crippen LogP contribution in [0.3, 0.4) is 0 Å². The number of para-hydroxylation sites is 3. The summed E-state index contributed by atoms with van der Waals surface area (Å²) in [6.45, 7) is 1.51. The number of nitrogens with zero attached hydrogens (tertiary/aromatic N) is 1. The van der Waals surface area contributed by atoms with E-state index in [0.29, 0.717) is 17.1 Å². The molecule has 0 spiro atoms. The Morgan fingerprint density at radius 2 is 1.92 bits per heavy atom. The third-order valence-electron chi connectivity index (χ3n) is 3.86. The van der Waals surface area contributed by atoms with E-state index in [1.165, 1.54) is 4.31 Å². The maximum absolute atomic E-state index is 12.6. The van der Waals surface area contributed by atoms with E-state index < -0.39 is 22.0 Å². The molecule has 2 aromatic rings. The van der Waals surface area contributed by atoms with E-state index in [1.54, 1.807) is 49.4 Å². The van der Waals surface area contributed by atoms with Crippen molar-refractivity contribution in [2.75, 3.05) is 21.9 Å². The van der Waals surface area contributed by atoms with Crippen molar-refractivity contribution in [1.82, 2.24) is 0 Å². The van der Waals surface area contributed by atoms with Crippen molar-refractivity contribution in [3.63, 3.8) is 0 Å². The first kappa shape index (κ1) is 17.8. The molecule has 0 unspecified atom stereocenters. The van der Waals surface area contributed by atoms with Crippen molar-refractivity contribution in [2.24, 2.45) is 0 Å². The molecule has 132 valence electrons. The van der Waals surface area contributed by atoms with Gasteiger partial charge in [0.15, 0.2) is 6.10 Å². The third-order valence-corrected chi connectivity index (χ3v) is 6.30. The normalized spacial score (nSPS) is 16.7. The standard InChI is InChI=1S/C17H17BrN2O4S/c1-2-25(22,23)20-11-16(24-15-10-6-5-9-14(15)20)17(21)19-13-8-4-3-7-12(13)18/h3-10,16H,2,11H2,1H3,(H,19,21)/t16-/m0/s1. The Bertz CT molecular complexity index is 901. The molecule has 1 heterocycles. The second kappa shape index (κ2) is 7.05. The molecule has 1 aliphatic rings. The molecule has 1 aliphatic heterocycles. The Labute approximate surface area is 155 Å². The number of fused-ring (bicyclic) bond motifs is 1. The van der Waals surface area contributed by atoms with Gasteiger partial charge in [0.25, 0.3) is 5.91 Å². The van der Waals surface area contributed by atoms with E-state index >= 15 is 0 Å². The monoisotopic (exact) mass is 424 g/mol. The van der Waals surface area contributed by atoms with Gasteiger partial charge in [-0.1, -0.05) is 24.3 Å². The molecular weight excluding hydrogens is 408 g/mol. The molecule has 3 rings (SSSR count). The van der Waals surface area contributed by atoms with Crippen LogP contribution < -0.4 is 14.4 Å². The SMILES string of the molecule is CCS(=O)(=O)N1C[C@@H](C(=O)Nc2ccccc2Br)Oc2ccccc21. The zero-order valence-electron chi connectivity index (χ0n) is 13.5. The van der Waals surface area contributed by atoms with E-state index in [2.05, 4.69) is 21.2 Å². The number of carbonyl (C=O) groups excluding carboxylic acids is 1. The smallest absolute Gasteiger partial charge is 0.267 e. The lowest BCUT2D eigenvalue weighted by Gasteiger charge is -2.34. The van der Waals surface area contributed by atoms with E-state index in [-0.39, 0.29) is 12.3 Å². The second-order valence-electron chi connectivity index (χ2n) is 5.47. The van der Waals surface area contributed by atoms with Crippen LogP contribution in [-0.4, -0.2) is 32.7 Å². The van der Waals surface area contributed by atoms with Gasteiger partial charge in [0.2, 0.25) is 10.0 Å². The first-order valence-corrected chi connectivity index (χ1v) is 10.1. The maximum Gasteiger partial charge on any atom is 0.267 e. The molecule has 0 radical (unpaired) electrons. The van der Waals surface area contributed by atoms with Crippen LogP contribution in [0, 0.1) is 0 Å². The number of hydrogen-bond donors (Lipinski definition) is 1. The second-order valence-corrected chi connectivity index (χ2v) is 8.51. The van der Waals surface area contributed by atoms with Crippen molar-refractivity contribution in [1.29, 1.82) is 0 Å². The van der Waals surface area contributed by atoms with Gasteiger partial charge in [-0.25, -0.2) is 8.42 Å². The van der Waals surface area contributed by atoms with Crippen LogP contribution in [0.1, 0.15) is 6.92 Å². The molecule has 2 aromatic carbocycles. The highest BCUT2D eigenvalue weighted by Crippen LogP contribution is 2.35. The summed E-state index contributed by atoms with van der Waals surface area (Å²) in [4.78, 5) is 12.6. The van der Waals surface area contributed by atoms with Crippen molar-refractivity contribution in [3.05, 3.63) is 53.0 Å². The van der Waals surface area contributed by atoms with Crippen LogP contribution >= 0.6 is 15.9 Å². The fourth-order valence-electron chi connectivity index (χ4n) is 2.53. The summed E-state index contributed by atoms with van der Waals surface area (Å²) in [5.74, 6) is -0.0874. The van der Waals surface area contributed by atoms with E-state index in [1.807, 2.05) is 6.07 Å². The summed E-state index contributed by atoms with van der Waals surface area (Å²) in [6.07, 6.45) is -0.941. The number of sulfonamides is 1. The zero-order chi connectivity index (χ0) is 18.0. The highest BCUT2D eigenvalue weighted by molar-refractivity contribution is 9.10. The fraction of sp³-hybridized carbons (Fsp3) is 0.235. The molecule has 1 N–H and O–H groups in total. The van der Waals surface area contributed by atoms with Gasteiger partial charge in [0.05, 0.1) is 23.7 Å². The third kappa shape index (κ3) is 3.64. The van der Waals surface area contributed by atoms with Gasteiger partial charge in [-0.3, -0.25) is 9.10 Å². The number of rotatable bonds is 4. The highest BCUT2D eigenvalue weighted by Gasteiger charge is 2.36. The lowest BCUT2D eigenvalue weighted by molar-refractivity contribution is -0.122. The quantitative estimate of drug-likeness (QED) is 0.818. The molecule has 6 nitrogen and oxygen atoms in total. The van der Waals surface area contributed by atoms with Crippen LogP contribution in [0.2, 0.25) is 0 Å². The summed E-state index contributed by atoms with van der Waals surface area (Å²) in [6, 6.07) is 14.0. The Morgan fingerprint density at radius 1 is 1.24 bits per heavy atom. The van der Waals surface area contributed by atoms with Crippen molar-refractivity contribution >= 4 is 43.2 Å². The molecule has 0 saturated carbocycles. The van der Waals surface area contributed by atoms with Gasteiger partial charge in [0.1, 0.15) is 5.75 Å². The lowest BCUT2D eigenvalue weighted by Crippen LogP contribution is -2.49. The van der Waals surface area contributed by atoms with E-state index in [0.717, 1.165) is 4.47 Å². The number of anilines is 2. The van der Waals surface area contributed by atoms with Crippen LogP contribution in [-0.2, 0) is 14.8 Å². The molecule has 1 amide bonds. The number of ether oxygens (including phenoxy) is 1. The molecule has 0 aliphatic carbocycles. The highest BCUT2D eigenvalue weighted by atomic mass is 79.9. The minimum absolute atomic E-state index is 0.0556. The number of hydrogen-bond acceptors (Lipinski definition) is 4. The van der Waals surface area contributed by atoms with Gasteiger partial charge >= 0.3 is 0 Å². The van der Waals surface area contributed by atoms with Crippen LogP contribution in [0.4, 0.5) is 11.4 Å². The minimum Gasteiger partial charge on any atom is -0.476 e. The number of amides is 1. The fourth-order valence-corrected chi connectivity index (χ4v) is 4.04. The van der Waals surface area contributed by atoms with E-state index in [9.17, 15) is 13.2 Å². The van der Waals surface area contributed by atoms with Gasteiger partial charge in [-0.05, 0) is 47.1 Å².